The van der Waals surface area contributed by atoms with Crippen LogP contribution in [0.15, 0.2) is 29.2 Å². The smallest absolute Gasteiger partial charge is 0.322 e. The molecule has 1 aromatic rings. The van der Waals surface area contributed by atoms with Gasteiger partial charge in [0.05, 0.1) is 12.1 Å². The molecule has 1 aliphatic heterocycles. The molecule has 8 nitrogen and oxygen atoms in total. The van der Waals surface area contributed by atoms with E-state index in [1.807, 2.05) is 0 Å². The van der Waals surface area contributed by atoms with Gasteiger partial charge >= 0.3 is 6.03 Å². The average molecular weight is 364 g/mol. The van der Waals surface area contributed by atoms with E-state index >= 15 is 0 Å². The fourth-order valence-electron chi connectivity index (χ4n) is 2.09. The maximum atomic E-state index is 12.3. The van der Waals surface area contributed by atoms with Crippen LogP contribution in [-0.2, 0) is 9.59 Å². The highest BCUT2D eigenvalue weighted by molar-refractivity contribution is 7.99. The Balaban J connectivity index is 2.05. The third-order valence-electron chi connectivity index (χ3n) is 3.66. The quantitative estimate of drug-likeness (QED) is 0.494. The van der Waals surface area contributed by atoms with Crippen LogP contribution in [0.25, 0.3) is 0 Å². The van der Waals surface area contributed by atoms with Crippen LogP contribution in [0.4, 0.5) is 4.79 Å². The standard InChI is InChI=1S/C16H20N4O4S/c1-16(14(23)18-15(24)19-16)9-25-11-7-5-4-6-10(11)13(22)17-8-12(21)20(2)3/h4-7H,8-9H2,1-3H3,(H,17,22)(H2,18,19,23,24)/t16-/m0/s1. The Hall–Kier alpha value is -2.55. The number of likely N-dealkylation sites (N-methyl/N-ethyl adjacent to an activating group) is 1. The van der Waals surface area contributed by atoms with Gasteiger partial charge in [0.2, 0.25) is 5.91 Å². The summed E-state index contributed by atoms with van der Waals surface area (Å²) in [6.45, 7) is 1.53. The molecule has 0 aliphatic carbocycles. The van der Waals surface area contributed by atoms with Gasteiger partial charge in [-0.1, -0.05) is 12.1 Å². The summed E-state index contributed by atoms with van der Waals surface area (Å²) in [4.78, 5) is 49.2. The molecular formula is C16H20N4O4S. The monoisotopic (exact) mass is 364 g/mol. The molecule has 0 unspecified atom stereocenters. The summed E-state index contributed by atoms with van der Waals surface area (Å²) >= 11 is 1.29. The minimum Gasteiger partial charge on any atom is -0.347 e. The molecular weight excluding hydrogens is 344 g/mol. The van der Waals surface area contributed by atoms with Crippen molar-refractivity contribution in [2.75, 3.05) is 26.4 Å². The Kier molecular flexibility index (Phi) is 5.68. The summed E-state index contributed by atoms with van der Waals surface area (Å²) in [7, 11) is 3.22. The Labute approximate surface area is 149 Å². The normalized spacial score (nSPS) is 19.2. The highest BCUT2D eigenvalue weighted by Crippen LogP contribution is 2.27. The van der Waals surface area contributed by atoms with Gasteiger partial charge in [-0.05, 0) is 19.1 Å². The number of nitrogens with zero attached hydrogens (tertiary/aromatic N) is 1. The molecule has 1 atom stereocenters. The van der Waals surface area contributed by atoms with E-state index in [0.717, 1.165) is 0 Å². The first kappa shape index (κ1) is 18.8. The number of rotatable bonds is 6. The van der Waals surface area contributed by atoms with Crippen LogP contribution in [0.5, 0.6) is 0 Å². The first-order valence-electron chi connectivity index (χ1n) is 7.57. The summed E-state index contributed by atoms with van der Waals surface area (Å²) in [6, 6.07) is 6.37. The molecule has 1 fully saturated rings. The Bertz CT molecular complexity index is 722. The summed E-state index contributed by atoms with van der Waals surface area (Å²) < 4.78 is 0. The second-order valence-electron chi connectivity index (χ2n) is 6.00. The second-order valence-corrected chi connectivity index (χ2v) is 7.01. The summed E-state index contributed by atoms with van der Waals surface area (Å²) in [6.07, 6.45) is 0. The topological polar surface area (TPSA) is 108 Å². The highest BCUT2D eigenvalue weighted by Gasteiger charge is 2.41. The van der Waals surface area contributed by atoms with Crippen LogP contribution >= 0.6 is 11.8 Å². The second kappa shape index (κ2) is 7.56. The van der Waals surface area contributed by atoms with Crippen LogP contribution in [0.3, 0.4) is 0 Å². The van der Waals surface area contributed by atoms with Gasteiger partial charge in [0.25, 0.3) is 11.8 Å². The van der Waals surface area contributed by atoms with E-state index in [-0.39, 0.29) is 24.1 Å². The Morgan fingerprint density at radius 2 is 1.92 bits per heavy atom. The number of carbonyl (C=O) groups is 4. The van der Waals surface area contributed by atoms with E-state index in [0.29, 0.717) is 10.5 Å². The van der Waals surface area contributed by atoms with E-state index < -0.39 is 17.5 Å². The first-order valence-corrected chi connectivity index (χ1v) is 8.55. The van der Waals surface area contributed by atoms with Crippen LogP contribution in [0, 0.1) is 0 Å². The predicted molar refractivity (Wildman–Crippen MR) is 93.3 cm³/mol. The van der Waals surface area contributed by atoms with Crippen molar-refractivity contribution < 1.29 is 19.2 Å². The third-order valence-corrected chi connectivity index (χ3v) is 5.05. The minimum absolute atomic E-state index is 0.0962. The fraction of sp³-hybridized carbons (Fsp3) is 0.375. The molecule has 0 saturated carbocycles. The van der Waals surface area contributed by atoms with Gasteiger partial charge in [-0.3, -0.25) is 19.7 Å². The maximum Gasteiger partial charge on any atom is 0.322 e. The van der Waals surface area contributed by atoms with Crippen molar-refractivity contribution in [3.8, 4) is 0 Å². The summed E-state index contributed by atoms with van der Waals surface area (Å²) in [5.41, 5.74) is -0.626. The Morgan fingerprint density at radius 1 is 1.24 bits per heavy atom. The molecule has 1 saturated heterocycles. The molecule has 5 amide bonds. The molecule has 9 heteroatoms. The van der Waals surface area contributed by atoms with Crippen molar-refractivity contribution in [2.45, 2.75) is 17.4 Å². The number of amides is 5. The minimum atomic E-state index is -1.04. The van der Waals surface area contributed by atoms with Crippen molar-refractivity contribution in [3.63, 3.8) is 0 Å². The zero-order valence-electron chi connectivity index (χ0n) is 14.2. The molecule has 0 bridgehead atoms. The number of imide groups is 1. The van der Waals surface area contributed by atoms with E-state index in [4.69, 9.17) is 0 Å². The average Bonchev–Trinajstić information content (AvgIpc) is 2.83. The molecule has 0 spiro atoms. The lowest BCUT2D eigenvalue weighted by atomic mass is 10.1. The maximum absolute atomic E-state index is 12.3. The molecule has 1 aliphatic rings. The van der Waals surface area contributed by atoms with Crippen molar-refractivity contribution in [2.24, 2.45) is 0 Å². The van der Waals surface area contributed by atoms with Crippen molar-refractivity contribution in [1.82, 2.24) is 20.9 Å². The van der Waals surface area contributed by atoms with Gasteiger partial charge in [-0.2, -0.15) is 0 Å². The number of thioether (sulfide) groups is 1. The molecule has 1 heterocycles. The van der Waals surface area contributed by atoms with E-state index in [1.165, 1.54) is 16.7 Å². The number of carbonyl (C=O) groups excluding carboxylic acids is 4. The zero-order valence-corrected chi connectivity index (χ0v) is 15.0. The molecule has 0 aromatic heterocycles. The lowest BCUT2D eigenvalue weighted by Crippen LogP contribution is -2.46. The molecule has 1 aromatic carbocycles. The number of nitrogens with one attached hydrogen (secondary N) is 3. The van der Waals surface area contributed by atoms with Gasteiger partial charge in [-0.25, -0.2) is 4.79 Å². The van der Waals surface area contributed by atoms with Crippen LogP contribution < -0.4 is 16.0 Å². The number of hydrogen-bond donors (Lipinski definition) is 3. The summed E-state index contributed by atoms with van der Waals surface area (Å²) in [5.74, 6) is -0.714. The predicted octanol–water partition coefficient (Wildman–Crippen LogP) is 0.195. The number of urea groups is 1. The number of hydrogen-bond acceptors (Lipinski definition) is 5. The lowest BCUT2D eigenvalue weighted by Gasteiger charge is -2.20. The van der Waals surface area contributed by atoms with Gasteiger partial charge in [0.1, 0.15) is 5.54 Å². The van der Waals surface area contributed by atoms with Crippen molar-refractivity contribution >= 4 is 35.5 Å². The molecule has 3 N–H and O–H groups in total. The third kappa shape index (κ3) is 4.50. The fourth-order valence-corrected chi connectivity index (χ4v) is 3.23. The van der Waals surface area contributed by atoms with E-state index in [9.17, 15) is 19.2 Å². The van der Waals surface area contributed by atoms with E-state index in [1.54, 1.807) is 45.3 Å². The van der Waals surface area contributed by atoms with E-state index in [2.05, 4.69) is 16.0 Å². The van der Waals surface area contributed by atoms with Gasteiger partial charge in [0.15, 0.2) is 0 Å². The Morgan fingerprint density at radius 3 is 2.52 bits per heavy atom. The zero-order chi connectivity index (χ0) is 18.6. The molecule has 134 valence electrons. The van der Waals surface area contributed by atoms with Crippen LogP contribution in [0.1, 0.15) is 17.3 Å². The summed E-state index contributed by atoms with van der Waals surface area (Å²) in [5, 5.41) is 7.36. The number of benzene rings is 1. The van der Waals surface area contributed by atoms with Crippen molar-refractivity contribution in [3.05, 3.63) is 29.8 Å². The molecule has 2 rings (SSSR count). The van der Waals surface area contributed by atoms with Gasteiger partial charge in [0, 0.05) is 24.7 Å². The largest absolute Gasteiger partial charge is 0.347 e. The highest BCUT2D eigenvalue weighted by atomic mass is 32.2. The van der Waals surface area contributed by atoms with Gasteiger partial charge < -0.3 is 15.5 Å². The molecule has 0 radical (unpaired) electrons. The molecule has 25 heavy (non-hydrogen) atoms. The van der Waals surface area contributed by atoms with Crippen molar-refractivity contribution in [1.29, 1.82) is 0 Å². The van der Waals surface area contributed by atoms with Crippen LogP contribution in [0.2, 0.25) is 0 Å². The SMILES string of the molecule is CN(C)C(=O)CNC(=O)c1ccccc1SC[C@]1(C)NC(=O)NC1=O. The van der Waals surface area contributed by atoms with Gasteiger partial charge in [-0.15, -0.1) is 11.8 Å². The first-order chi connectivity index (χ1) is 11.7. The lowest BCUT2D eigenvalue weighted by molar-refractivity contribution is -0.127. The van der Waals surface area contributed by atoms with Crippen LogP contribution in [-0.4, -0.2) is 60.6 Å².